The summed E-state index contributed by atoms with van der Waals surface area (Å²) in [4.78, 5) is 12.5. The Bertz CT molecular complexity index is 648. The lowest BCUT2D eigenvalue weighted by atomic mass is 10.2. The minimum Gasteiger partial charge on any atom is -0.461 e. The van der Waals surface area contributed by atoms with Crippen molar-refractivity contribution >= 4 is 17.6 Å². The fourth-order valence-corrected chi connectivity index (χ4v) is 1.54. The first-order chi connectivity index (χ1) is 10.1. The van der Waals surface area contributed by atoms with Crippen LogP contribution < -0.4 is 15.4 Å². The Balaban J connectivity index is 2.23. The molecule has 2 rings (SSSR count). The van der Waals surface area contributed by atoms with Gasteiger partial charge in [-0.25, -0.2) is 0 Å². The van der Waals surface area contributed by atoms with Gasteiger partial charge in [0.15, 0.2) is 0 Å². The molecule has 7 heteroatoms. The number of hydrogen-bond donors (Lipinski definition) is 2. The van der Waals surface area contributed by atoms with Crippen LogP contribution in [0.4, 0.5) is 17.6 Å². The van der Waals surface area contributed by atoms with E-state index >= 15 is 0 Å². The number of hydrogen-bond acceptors (Lipinski definition) is 7. The molecule has 0 radical (unpaired) electrons. The first-order valence-electron chi connectivity index (χ1n) is 6.48. The van der Waals surface area contributed by atoms with Crippen LogP contribution in [-0.2, 0) is 0 Å². The maximum absolute atomic E-state index is 8.78. The van der Waals surface area contributed by atoms with Crippen LogP contribution in [0.25, 0.3) is 0 Å². The highest BCUT2D eigenvalue weighted by atomic mass is 16.5. The van der Waals surface area contributed by atoms with E-state index in [1.807, 2.05) is 13.8 Å². The summed E-state index contributed by atoms with van der Waals surface area (Å²) in [6, 6.07) is 9.32. The van der Waals surface area contributed by atoms with Crippen LogP contribution in [0.5, 0.6) is 6.01 Å². The molecule has 0 saturated carbocycles. The quantitative estimate of drug-likeness (QED) is 0.869. The zero-order valence-electron chi connectivity index (χ0n) is 12.1. The van der Waals surface area contributed by atoms with E-state index in [1.54, 1.807) is 31.3 Å². The van der Waals surface area contributed by atoms with Gasteiger partial charge in [0.2, 0.25) is 11.9 Å². The van der Waals surface area contributed by atoms with E-state index in [9.17, 15) is 0 Å². The minimum absolute atomic E-state index is 0.0279. The summed E-state index contributed by atoms with van der Waals surface area (Å²) in [7, 11) is 1.72. The Morgan fingerprint density at radius 3 is 2.33 bits per heavy atom. The zero-order chi connectivity index (χ0) is 15.2. The van der Waals surface area contributed by atoms with Gasteiger partial charge in [-0.2, -0.15) is 20.2 Å². The van der Waals surface area contributed by atoms with Gasteiger partial charge < -0.3 is 15.4 Å². The van der Waals surface area contributed by atoms with Crippen molar-refractivity contribution < 1.29 is 4.74 Å². The third-order valence-corrected chi connectivity index (χ3v) is 2.45. The van der Waals surface area contributed by atoms with Crippen molar-refractivity contribution in [2.75, 3.05) is 17.7 Å². The van der Waals surface area contributed by atoms with Gasteiger partial charge in [0, 0.05) is 12.7 Å². The monoisotopic (exact) mass is 284 g/mol. The fourth-order valence-electron chi connectivity index (χ4n) is 1.54. The van der Waals surface area contributed by atoms with Gasteiger partial charge in [-0.15, -0.1) is 0 Å². The molecule has 0 saturated heterocycles. The zero-order valence-corrected chi connectivity index (χ0v) is 12.1. The summed E-state index contributed by atoms with van der Waals surface area (Å²) >= 11 is 0. The lowest BCUT2D eigenvalue weighted by molar-refractivity contribution is 0.222. The Labute approximate surface area is 123 Å². The van der Waals surface area contributed by atoms with Crippen LogP contribution in [0.15, 0.2) is 24.3 Å². The molecular weight excluding hydrogens is 268 g/mol. The van der Waals surface area contributed by atoms with Gasteiger partial charge in [0.25, 0.3) is 0 Å². The smallest absolute Gasteiger partial charge is 0.323 e. The molecule has 2 aromatic rings. The predicted octanol–water partition coefficient (Wildman–Crippen LogP) is 2.32. The summed E-state index contributed by atoms with van der Waals surface area (Å²) in [5, 5.41) is 14.7. The Morgan fingerprint density at radius 2 is 1.76 bits per heavy atom. The maximum Gasteiger partial charge on any atom is 0.323 e. The standard InChI is InChI=1S/C14H16N6O/c1-9(2)21-14-19-12(16-3)18-13(20-14)17-11-6-4-10(8-15)5-7-11/h4-7,9H,1-3H3,(H2,16,17,18,19,20). The molecule has 0 unspecified atom stereocenters. The van der Waals surface area contributed by atoms with Crippen molar-refractivity contribution in [1.82, 2.24) is 15.0 Å². The van der Waals surface area contributed by atoms with E-state index in [0.717, 1.165) is 5.69 Å². The van der Waals surface area contributed by atoms with E-state index in [2.05, 4.69) is 31.7 Å². The van der Waals surface area contributed by atoms with Gasteiger partial charge in [0.05, 0.1) is 17.7 Å². The second-order valence-electron chi connectivity index (χ2n) is 4.50. The predicted molar refractivity (Wildman–Crippen MR) is 79.6 cm³/mol. The van der Waals surface area contributed by atoms with Crippen LogP contribution >= 0.6 is 0 Å². The molecule has 1 heterocycles. The number of nitrogens with zero attached hydrogens (tertiary/aromatic N) is 4. The summed E-state index contributed by atoms with van der Waals surface area (Å²) in [5.41, 5.74) is 1.37. The number of rotatable bonds is 5. The van der Waals surface area contributed by atoms with Gasteiger partial charge in [-0.05, 0) is 38.1 Å². The van der Waals surface area contributed by atoms with Crippen molar-refractivity contribution in [3.8, 4) is 12.1 Å². The molecule has 7 nitrogen and oxygen atoms in total. The third kappa shape index (κ3) is 4.04. The molecule has 1 aromatic heterocycles. The number of nitrogens with one attached hydrogen (secondary N) is 2. The van der Waals surface area contributed by atoms with Crippen LogP contribution in [0.2, 0.25) is 0 Å². The molecule has 0 spiro atoms. The molecule has 0 bridgehead atoms. The van der Waals surface area contributed by atoms with Gasteiger partial charge in [-0.3, -0.25) is 0 Å². The van der Waals surface area contributed by atoms with Gasteiger partial charge in [0.1, 0.15) is 0 Å². The first-order valence-corrected chi connectivity index (χ1v) is 6.48. The number of aromatic nitrogens is 3. The van der Waals surface area contributed by atoms with Gasteiger partial charge in [-0.1, -0.05) is 0 Å². The molecular formula is C14H16N6O. The normalized spacial score (nSPS) is 10.0. The molecule has 1 aromatic carbocycles. The third-order valence-electron chi connectivity index (χ3n) is 2.45. The molecule has 0 aliphatic rings. The maximum atomic E-state index is 8.78. The summed E-state index contributed by atoms with van der Waals surface area (Å²) in [6.07, 6.45) is -0.0279. The molecule has 0 fully saturated rings. The van der Waals surface area contributed by atoms with Gasteiger partial charge >= 0.3 is 6.01 Å². The highest BCUT2D eigenvalue weighted by molar-refractivity contribution is 5.55. The SMILES string of the molecule is CNc1nc(Nc2ccc(C#N)cc2)nc(OC(C)C)n1. The largest absolute Gasteiger partial charge is 0.461 e. The molecule has 0 aliphatic carbocycles. The van der Waals surface area contributed by atoms with E-state index in [1.165, 1.54) is 0 Å². The van der Waals surface area contributed by atoms with E-state index in [4.69, 9.17) is 10.00 Å². The summed E-state index contributed by atoms with van der Waals surface area (Å²) in [6.45, 7) is 3.80. The second kappa shape index (κ2) is 6.52. The van der Waals surface area contributed by atoms with Crippen LogP contribution in [-0.4, -0.2) is 28.1 Å². The lowest BCUT2D eigenvalue weighted by Gasteiger charge is -2.11. The number of benzene rings is 1. The van der Waals surface area contributed by atoms with E-state index < -0.39 is 0 Å². The Kier molecular flexibility index (Phi) is 4.51. The number of ether oxygens (including phenoxy) is 1. The molecule has 2 N–H and O–H groups in total. The molecule has 21 heavy (non-hydrogen) atoms. The fraction of sp³-hybridized carbons (Fsp3) is 0.286. The Morgan fingerprint density at radius 1 is 1.10 bits per heavy atom. The average Bonchev–Trinajstić information content (AvgIpc) is 2.47. The number of nitriles is 1. The molecule has 0 amide bonds. The van der Waals surface area contributed by atoms with E-state index in [0.29, 0.717) is 17.5 Å². The summed E-state index contributed by atoms with van der Waals surface area (Å²) in [5.74, 6) is 0.784. The molecule has 0 atom stereocenters. The highest BCUT2D eigenvalue weighted by Gasteiger charge is 2.08. The number of anilines is 3. The lowest BCUT2D eigenvalue weighted by Crippen LogP contribution is -2.11. The first kappa shape index (κ1) is 14.5. The average molecular weight is 284 g/mol. The van der Waals surface area contributed by atoms with Crippen molar-refractivity contribution in [2.45, 2.75) is 20.0 Å². The van der Waals surface area contributed by atoms with Crippen LogP contribution in [0.1, 0.15) is 19.4 Å². The Hall–Kier alpha value is -2.88. The van der Waals surface area contributed by atoms with Crippen molar-refractivity contribution in [3.63, 3.8) is 0 Å². The highest BCUT2D eigenvalue weighted by Crippen LogP contribution is 2.17. The topological polar surface area (TPSA) is 95.8 Å². The van der Waals surface area contributed by atoms with Crippen molar-refractivity contribution in [1.29, 1.82) is 5.26 Å². The summed E-state index contributed by atoms with van der Waals surface area (Å²) < 4.78 is 5.49. The second-order valence-corrected chi connectivity index (χ2v) is 4.50. The van der Waals surface area contributed by atoms with Crippen LogP contribution in [0.3, 0.4) is 0 Å². The van der Waals surface area contributed by atoms with Crippen LogP contribution in [0, 0.1) is 11.3 Å². The minimum atomic E-state index is -0.0279. The molecule has 0 aliphatic heterocycles. The van der Waals surface area contributed by atoms with Crippen molar-refractivity contribution in [2.24, 2.45) is 0 Å². The van der Waals surface area contributed by atoms with Crippen molar-refractivity contribution in [3.05, 3.63) is 29.8 Å². The van der Waals surface area contributed by atoms with E-state index in [-0.39, 0.29) is 12.1 Å². The molecule has 108 valence electrons.